The zero-order valence-electron chi connectivity index (χ0n) is 16.3. The van der Waals surface area contributed by atoms with Crippen molar-refractivity contribution in [2.45, 2.75) is 13.5 Å². The zero-order valence-corrected chi connectivity index (χ0v) is 16.3. The van der Waals surface area contributed by atoms with Gasteiger partial charge in [0.1, 0.15) is 23.1 Å². The minimum Gasteiger partial charge on any atom is -0.469 e. The standard InChI is InChI=1S/C24H18N4O2/c1-17-22(9-11-30-17)24(29)20(13-25)12-21-16-28(15-18-6-3-2-4-7-18)27-23(21)19-8-5-10-26-14-19/h2-12,14,16H,15H2,1H3/b20-12+. The lowest BCUT2D eigenvalue weighted by molar-refractivity contribution is 0.103. The van der Waals surface area contributed by atoms with Crippen molar-refractivity contribution in [3.8, 4) is 17.3 Å². The predicted octanol–water partition coefficient (Wildman–Crippen LogP) is 4.68. The molecule has 30 heavy (non-hydrogen) atoms. The van der Waals surface area contributed by atoms with Gasteiger partial charge in [-0.1, -0.05) is 30.3 Å². The molecule has 6 nitrogen and oxygen atoms in total. The van der Waals surface area contributed by atoms with Gasteiger partial charge in [0.2, 0.25) is 5.78 Å². The van der Waals surface area contributed by atoms with Gasteiger partial charge < -0.3 is 4.42 Å². The molecule has 4 rings (SSSR count). The number of nitrogens with zero attached hydrogens (tertiary/aromatic N) is 4. The van der Waals surface area contributed by atoms with Crippen molar-refractivity contribution in [3.05, 3.63) is 101 Å². The first kappa shape index (κ1) is 19.1. The summed E-state index contributed by atoms with van der Waals surface area (Å²) in [6, 6.07) is 17.3. The molecule has 4 aromatic rings. The van der Waals surface area contributed by atoms with Crippen LogP contribution in [0.4, 0.5) is 0 Å². The van der Waals surface area contributed by atoms with E-state index in [0.717, 1.165) is 11.1 Å². The third-order valence-electron chi connectivity index (χ3n) is 4.68. The lowest BCUT2D eigenvalue weighted by Crippen LogP contribution is -2.02. The van der Waals surface area contributed by atoms with Crippen LogP contribution in [0.5, 0.6) is 0 Å². The van der Waals surface area contributed by atoms with Gasteiger partial charge in [-0.15, -0.1) is 0 Å². The van der Waals surface area contributed by atoms with Crippen LogP contribution < -0.4 is 0 Å². The molecule has 0 unspecified atom stereocenters. The van der Waals surface area contributed by atoms with E-state index in [9.17, 15) is 10.1 Å². The Hall–Kier alpha value is -4.24. The summed E-state index contributed by atoms with van der Waals surface area (Å²) < 4.78 is 7.01. The van der Waals surface area contributed by atoms with Gasteiger partial charge in [-0.3, -0.25) is 14.5 Å². The zero-order chi connectivity index (χ0) is 20.9. The number of hydrogen-bond acceptors (Lipinski definition) is 5. The van der Waals surface area contributed by atoms with Crippen molar-refractivity contribution in [1.82, 2.24) is 14.8 Å². The van der Waals surface area contributed by atoms with E-state index in [-0.39, 0.29) is 11.4 Å². The highest BCUT2D eigenvalue weighted by Gasteiger charge is 2.18. The molecule has 0 aliphatic heterocycles. The quantitative estimate of drug-likeness (QED) is 0.269. The molecule has 0 radical (unpaired) electrons. The average molecular weight is 394 g/mol. The first-order valence-electron chi connectivity index (χ1n) is 9.38. The van der Waals surface area contributed by atoms with Crippen molar-refractivity contribution in [2.24, 2.45) is 0 Å². The lowest BCUT2D eigenvalue weighted by Gasteiger charge is -2.01. The van der Waals surface area contributed by atoms with E-state index in [4.69, 9.17) is 9.52 Å². The van der Waals surface area contributed by atoms with E-state index in [1.807, 2.05) is 54.7 Å². The SMILES string of the molecule is Cc1occc1C(=O)/C(C#N)=C/c1cn(Cc2ccccc2)nc1-c1cccnc1. The number of carbonyl (C=O) groups excluding carboxylic acids is 1. The molecule has 0 N–H and O–H groups in total. The topological polar surface area (TPSA) is 84.7 Å². The molecule has 0 saturated heterocycles. The summed E-state index contributed by atoms with van der Waals surface area (Å²) in [4.78, 5) is 17.0. The summed E-state index contributed by atoms with van der Waals surface area (Å²) in [5.74, 6) is 0.102. The number of aryl methyl sites for hydroxylation is 1. The maximum atomic E-state index is 12.8. The molecule has 0 aliphatic carbocycles. The monoisotopic (exact) mass is 394 g/mol. The largest absolute Gasteiger partial charge is 0.469 e. The Bertz CT molecular complexity index is 1250. The van der Waals surface area contributed by atoms with Crippen molar-refractivity contribution < 1.29 is 9.21 Å². The molecule has 0 spiro atoms. The molecule has 3 heterocycles. The number of furan rings is 1. The predicted molar refractivity (Wildman–Crippen MR) is 112 cm³/mol. The van der Waals surface area contributed by atoms with Crippen LogP contribution in [0.1, 0.15) is 27.2 Å². The Labute approximate surface area is 173 Å². The van der Waals surface area contributed by atoms with Crippen LogP contribution in [0.2, 0.25) is 0 Å². The smallest absolute Gasteiger partial charge is 0.207 e. The molecule has 0 fully saturated rings. The van der Waals surface area contributed by atoms with Gasteiger partial charge in [-0.05, 0) is 36.8 Å². The number of benzene rings is 1. The summed E-state index contributed by atoms with van der Waals surface area (Å²) in [5, 5.41) is 14.3. The van der Waals surface area contributed by atoms with Gasteiger partial charge >= 0.3 is 0 Å². The molecule has 0 bridgehead atoms. The van der Waals surface area contributed by atoms with E-state index < -0.39 is 0 Å². The molecule has 146 valence electrons. The lowest BCUT2D eigenvalue weighted by atomic mass is 10.0. The highest BCUT2D eigenvalue weighted by Crippen LogP contribution is 2.25. The van der Waals surface area contributed by atoms with Crippen LogP contribution in [0.25, 0.3) is 17.3 Å². The van der Waals surface area contributed by atoms with Gasteiger partial charge in [0.25, 0.3) is 0 Å². The first-order valence-corrected chi connectivity index (χ1v) is 9.38. The normalized spacial score (nSPS) is 11.3. The minimum atomic E-state index is -0.378. The number of hydrogen-bond donors (Lipinski definition) is 0. The molecule has 0 amide bonds. The molecule has 6 heteroatoms. The fourth-order valence-corrected chi connectivity index (χ4v) is 3.19. The summed E-state index contributed by atoms with van der Waals surface area (Å²) >= 11 is 0. The fourth-order valence-electron chi connectivity index (χ4n) is 3.19. The van der Waals surface area contributed by atoms with E-state index in [0.29, 0.717) is 29.1 Å². The molecule has 1 aromatic carbocycles. The summed E-state index contributed by atoms with van der Waals surface area (Å²) in [6.45, 7) is 2.26. The highest BCUT2D eigenvalue weighted by molar-refractivity contribution is 6.14. The van der Waals surface area contributed by atoms with Gasteiger partial charge in [-0.25, -0.2) is 0 Å². The maximum Gasteiger partial charge on any atom is 0.207 e. The number of carbonyl (C=O) groups is 1. The Morgan fingerprint density at radius 2 is 2.03 bits per heavy atom. The molecule has 3 aromatic heterocycles. The van der Waals surface area contributed by atoms with Crippen LogP contribution in [-0.4, -0.2) is 20.5 Å². The van der Waals surface area contributed by atoms with E-state index >= 15 is 0 Å². The van der Waals surface area contributed by atoms with Crippen molar-refractivity contribution in [3.63, 3.8) is 0 Å². The Morgan fingerprint density at radius 3 is 2.70 bits per heavy atom. The summed E-state index contributed by atoms with van der Waals surface area (Å²) in [6.07, 6.45) is 8.25. The number of nitriles is 1. The Morgan fingerprint density at radius 1 is 1.20 bits per heavy atom. The highest BCUT2D eigenvalue weighted by atomic mass is 16.3. The van der Waals surface area contributed by atoms with Gasteiger partial charge in [0, 0.05) is 29.7 Å². The van der Waals surface area contributed by atoms with Crippen molar-refractivity contribution in [1.29, 1.82) is 5.26 Å². The molecule has 0 atom stereocenters. The second-order valence-electron chi connectivity index (χ2n) is 6.75. The van der Waals surface area contributed by atoms with Crippen LogP contribution in [0, 0.1) is 18.3 Å². The fraction of sp³-hybridized carbons (Fsp3) is 0.0833. The van der Waals surface area contributed by atoms with Crippen LogP contribution in [0.3, 0.4) is 0 Å². The first-order chi connectivity index (χ1) is 14.7. The molecule has 0 saturated carbocycles. The summed E-state index contributed by atoms with van der Waals surface area (Å²) in [5.41, 5.74) is 3.62. The molecular formula is C24H18N4O2. The number of pyridine rings is 1. The van der Waals surface area contributed by atoms with E-state index in [1.165, 1.54) is 6.26 Å². The molecular weight excluding hydrogens is 376 g/mol. The van der Waals surface area contributed by atoms with E-state index in [1.54, 1.807) is 36.1 Å². The third-order valence-corrected chi connectivity index (χ3v) is 4.68. The van der Waals surface area contributed by atoms with Gasteiger partial charge in [0.05, 0.1) is 18.4 Å². The van der Waals surface area contributed by atoms with E-state index in [2.05, 4.69) is 4.98 Å². The maximum absolute atomic E-state index is 12.8. The Balaban J connectivity index is 1.77. The summed E-state index contributed by atoms with van der Waals surface area (Å²) in [7, 11) is 0. The number of ketones is 1. The van der Waals surface area contributed by atoms with Crippen molar-refractivity contribution >= 4 is 11.9 Å². The van der Waals surface area contributed by atoms with Gasteiger partial charge in [0.15, 0.2) is 0 Å². The minimum absolute atomic E-state index is 0.0175. The van der Waals surface area contributed by atoms with Crippen molar-refractivity contribution in [2.75, 3.05) is 0 Å². The van der Waals surface area contributed by atoms with Crippen LogP contribution >= 0.6 is 0 Å². The number of allylic oxidation sites excluding steroid dienone is 1. The van der Waals surface area contributed by atoms with Gasteiger partial charge in [-0.2, -0.15) is 10.4 Å². The second-order valence-corrected chi connectivity index (χ2v) is 6.75. The Kier molecular flexibility index (Phi) is 5.35. The number of Topliss-reactive ketones (excluding diaryl/α,β-unsaturated/α-hetero) is 1. The van der Waals surface area contributed by atoms with Crippen LogP contribution in [0.15, 0.2) is 83.4 Å². The third kappa shape index (κ3) is 3.96. The molecule has 0 aliphatic rings. The average Bonchev–Trinajstić information content (AvgIpc) is 3.38. The van der Waals surface area contributed by atoms with Crippen LogP contribution in [-0.2, 0) is 6.54 Å². The second kappa shape index (κ2) is 8.41. The number of aromatic nitrogens is 3. The number of rotatable bonds is 6.